The molecule has 4 aromatic rings. The van der Waals surface area contributed by atoms with Crippen LogP contribution >= 0.6 is 11.3 Å². The fraction of sp³-hybridized carbons (Fsp3) is 0.333. The summed E-state index contributed by atoms with van der Waals surface area (Å²) < 4.78 is 1.20. The van der Waals surface area contributed by atoms with Crippen LogP contribution in [0.5, 0.6) is 0 Å². The van der Waals surface area contributed by atoms with E-state index in [9.17, 15) is 0 Å². The van der Waals surface area contributed by atoms with E-state index in [0.29, 0.717) is 5.92 Å². The van der Waals surface area contributed by atoms with Crippen LogP contribution < -0.4 is 0 Å². The van der Waals surface area contributed by atoms with Gasteiger partial charge in [0.25, 0.3) is 0 Å². The molecular formula is C24H26N2S. The Balaban J connectivity index is 2.05. The van der Waals surface area contributed by atoms with Gasteiger partial charge in [0.05, 0.1) is 15.9 Å². The van der Waals surface area contributed by atoms with Crippen molar-refractivity contribution in [2.75, 3.05) is 0 Å². The van der Waals surface area contributed by atoms with Crippen LogP contribution in [0.3, 0.4) is 0 Å². The van der Waals surface area contributed by atoms with Gasteiger partial charge in [-0.2, -0.15) is 0 Å². The maximum absolute atomic E-state index is 4.72. The standard InChI is InChI=1S/C24H26N2S/c1-14(2)20-15(3)27-23-21(25-13-26-22(20)23)17-11-16-9-7-8-10-18(16)19(12-17)24(4,5)6/h7-14H,1-6H3. The van der Waals surface area contributed by atoms with Crippen LogP contribution in [0, 0.1) is 6.92 Å². The summed E-state index contributed by atoms with van der Waals surface area (Å²) >= 11 is 1.82. The van der Waals surface area contributed by atoms with E-state index in [1.807, 2.05) is 11.3 Å². The van der Waals surface area contributed by atoms with Crippen LogP contribution in [-0.2, 0) is 5.41 Å². The molecule has 0 aliphatic heterocycles. The van der Waals surface area contributed by atoms with Gasteiger partial charge in [-0.3, -0.25) is 0 Å². The molecule has 0 radical (unpaired) electrons. The molecule has 3 heteroatoms. The van der Waals surface area contributed by atoms with E-state index in [1.165, 1.54) is 37.0 Å². The van der Waals surface area contributed by atoms with E-state index in [0.717, 1.165) is 11.2 Å². The molecule has 27 heavy (non-hydrogen) atoms. The minimum atomic E-state index is 0.0657. The summed E-state index contributed by atoms with van der Waals surface area (Å²) in [5.74, 6) is 0.461. The van der Waals surface area contributed by atoms with Gasteiger partial charge in [-0.05, 0) is 52.3 Å². The molecule has 0 saturated carbocycles. The predicted molar refractivity (Wildman–Crippen MR) is 118 cm³/mol. The first-order valence-electron chi connectivity index (χ1n) is 9.55. The maximum Gasteiger partial charge on any atom is 0.116 e. The third-order valence-electron chi connectivity index (χ3n) is 5.21. The Bertz CT molecular complexity index is 1150. The topological polar surface area (TPSA) is 25.8 Å². The molecule has 0 fully saturated rings. The highest BCUT2D eigenvalue weighted by Crippen LogP contribution is 2.41. The van der Waals surface area contributed by atoms with Gasteiger partial charge in [0.15, 0.2) is 0 Å². The Morgan fingerprint density at radius 1 is 1.00 bits per heavy atom. The number of aryl methyl sites for hydroxylation is 1. The minimum absolute atomic E-state index is 0.0657. The van der Waals surface area contributed by atoms with Gasteiger partial charge in [-0.15, -0.1) is 11.3 Å². The predicted octanol–water partition coefficient (Wildman–Crippen LogP) is 7.24. The number of hydrogen-bond donors (Lipinski definition) is 0. The number of thiophene rings is 1. The van der Waals surface area contributed by atoms with Gasteiger partial charge in [-0.1, -0.05) is 58.9 Å². The Labute approximate surface area is 165 Å². The van der Waals surface area contributed by atoms with Crippen LogP contribution in [0.15, 0.2) is 42.7 Å². The number of nitrogens with zero attached hydrogens (tertiary/aromatic N) is 2. The van der Waals surface area contributed by atoms with E-state index in [1.54, 1.807) is 6.33 Å². The SMILES string of the molecule is Cc1sc2c(-c3cc(C(C)(C)C)c4ccccc4c3)ncnc2c1C(C)C. The van der Waals surface area contributed by atoms with Crippen molar-refractivity contribution in [1.29, 1.82) is 0 Å². The van der Waals surface area contributed by atoms with Crippen molar-refractivity contribution in [2.24, 2.45) is 0 Å². The number of benzene rings is 2. The Morgan fingerprint density at radius 2 is 1.74 bits per heavy atom. The lowest BCUT2D eigenvalue weighted by Crippen LogP contribution is -2.12. The molecule has 2 nitrogen and oxygen atoms in total. The fourth-order valence-electron chi connectivity index (χ4n) is 3.99. The molecule has 0 unspecified atom stereocenters. The van der Waals surface area contributed by atoms with Crippen molar-refractivity contribution in [2.45, 2.75) is 52.9 Å². The summed E-state index contributed by atoms with van der Waals surface area (Å²) in [7, 11) is 0. The highest BCUT2D eigenvalue weighted by Gasteiger charge is 2.21. The largest absolute Gasteiger partial charge is 0.235 e. The van der Waals surface area contributed by atoms with Crippen LogP contribution in [0.4, 0.5) is 0 Å². The first-order chi connectivity index (χ1) is 12.8. The highest BCUT2D eigenvalue weighted by atomic mass is 32.1. The van der Waals surface area contributed by atoms with E-state index in [2.05, 4.69) is 82.9 Å². The van der Waals surface area contributed by atoms with Gasteiger partial charge in [-0.25, -0.2) is 9.97 Å². The van der Waals surface area contributed by atoms with Crippen LogP contribution in [0.25, 0.3) is 32.2 Å². The third-order valence-corrected chi connectivity index (χ3v) is 6.33. The van der Waals surface area contributed by atoms with Crippen molar-refractivity contribution < 1.29 is 0 Å². The van der Waals surface area contributed by atoms with Crippen molar-refractivity contribution in [3.05, 3.63) is 58.7 Å². The van der Waals surface area contributed by atoms with Gasteiger partial charge in [0.1, 0.15) is 6.33 Å². The molecular weight excluding hydrogens is 348 g/mol. The molecule has 0 aliphatic carbocycles. The molecule has 2 aromatic heterocycles. The van der Waals surface area contributed by atoms with Crippen molar-refractivity contribution >= 4 is 32.3 Å². The van der Waals surface area contributed by atoms with Crippen molar-refractivity contribution in [3.8, 4) is 11.3 Å². The summed E-state index contributed by atoms with van der Waals surface area (Å²) in [6.07, 6.45) is 1.72. The molecule has 0 N–H and O–H groups in total. The van der Waals surface area contributed by atoms with Gasteiger partial charge >= 0.3 is 0 Å². The maximum atomic E-state index is 4.72. The quantitative estimate of drug-likeness (QED) is 0.369. The fourth-order valence-corrected chi connectivity index (χ4v) is 5.27. The smallest absolute Gasteiger partial charge is 0.116 e. The third kappa shape index (κ3) is 3.04. The zero-order valence-electron chi connectivity index (χ0n) is 16.9. The lowest BCUT2D eigenvalue weighted by atomic mass is 9.82. The Morgan fingerprint density at radius 3 is 2.44 bits per heavy atom. The average molecular weight is 375 g/mol. The highest BCUT2D eigenvalue weighted by molar-refractivity contribution is 7.19. The first kappa shape index (κ1) is 18.1. The second kappa shape index (κ2) is 6.42. The molecule has 0 amide bonds. The molecule has 0 saturated heterocycles. The second-order valence-electron chi connectivity index (χ2n) is 8.62. The molecule has 2 heterocycles. The zero-order chi connectivity index (χ0) is 19.3. The van der Waals surface area contributed by atoms with E-state index >= 15 is 0 Å². The summed E-state index contributed by atoms with van der Waals surface area (Å²) in [6.45, 7) is 13.5. The molecule has 0 aliphatic rings. The van der Waals surface area contributed by atoms with Crippen LogP contribution in [0.2, 0.25) is 0 Å². The molecule has 0 bridgehead atoms. The normalized spacial score (nSPS) is 12.4. The van der Waals surface area contributed by atoms with Gasteiger partial charge < -0.3 is 0 Å². The minimum Gasteiger partial charge on any atom is -0.235 e. The monoisotopic (exact) mass is 374 g/mol. The van der Waals surface area contributed by atoms with Crippen LogP contribution in [0.1, 0.15) is 56.5 Å². The van der Waals surface area contributed by atoms with Crippen LogP contribution in [-0.4, -0.2) is 9.97 Å². The van der Waals surface area contributed by atoms with E-state index in [4.69, 9.17) is 4.98 Å². The number of fused-ring (bicyclic) bond motifs is 2. The average Bonchev–Trinajstić information content (AvgIpc) is 2.95. The molecule has 4 rings (SSSR count). The molecule has 2 aromatic carbocycles. The van der Waals surface area contributed by atoms with E-state index in [-0.39, 0.29) is 5.41 Å². The molecule has 0 spiro atoms. The lowest BCUT2D eigenvalue weighted by Gasteiger charge is -2.22. The number of rotatable bonds is 2. The van der Waals surface area contributed by atoms with Crippen molar-refractivity contribution in [3.63, 3.8) is 0 Å². The summed E-state index contributed by atoms with van der Waals surface area (Å²) in [5.41, 5.74) is 6.13. The summed E-state index contributed by atoms with van der Waals surface area (Å²) in [5, 5.41) is 2.59. The number of hydrogen-bond acceptors (Lipinski definition) is 3. The molecule has 138 valence electrons. The first-order valence-corrected chi connectivity index (χ1v) is 10.4. The Hall–Kier alpha value is -2.26. The second-order valence-corrected chi connectivity index (χ2v) is 9.85. The van der Waals surface area contributed by atoms with Gasteiger partial charge in [0, 0.05) is 10.4 Å². The lowest BCUT2D eigenvalue weighted by molar-refractivity contribution is 0.596. The summed E-state index contributed by atoms with van der Waals surface area (Å²) in [6, 6.07) is 13.3. The van der Waals surface area contributed by atoms with Crippen molar-refractivity contribution in [1.82, 2.24) is 9.97 Å². The van der Waals surface area contributed by atoms with E-state index < -0.39 is 0 Å². The summed E-state index contributed by atoms with van der Waals surface area (Å²) in [4.78, 5) is 10.7. The number of aromatic nitrogens is 2. The van der Waals surface area contributed by atoms with Gasteiger partial charge in [0.2, 0.25) is 0 Å². The Kier molecular flexibility index (Phi) is 4.31. The molecule has 0 atom stereocenters. The zero-order valence-corrected chi connectivity index (χ0v) is 17.7.